The Hall–Kier alpha value is -2.81. The van der Waals surface area contributed by atoms with Gasteiger partial charge >= 0.3 is 0 Å². The van der Waals surface area contributed by atoms with Crippen molar-refractivity contribution >= 4 is 34.1 Å². The van der Waals surface area contributed by atoms with Crippen molar-refractivity contribution in [3.8, 4) is 22.6 Å². The summed E-state index contributed by atoms with van der Waals surface area (Å²) in [7, 11) is 3.36. The first kappa shape index (κ1) is 18.5. The molecule has 0 aliphatic heterocycles. The van der Waals surface area contributed by atoms with Crippen LogP contribution >= 0.6 is 22.6 Å². The molecule has 2 aromatic carbocycles. The highest BCUT2D eigenvalue weighted by atomic mass is 127. The lowest BCUT2D eigenvalue weighted by Gasteiger charge is -2.15. The third-order valence-electron chi connectivity index (χ3n) is 4.60. The van der Waals surface area contributed by atoms with Crippen LogP contribution in [0.3, 0.4) is 0 Å². The zero-order valence-electron chi connectivity index (χ0n) is 15.5. The number of halogens is 1. The van der Waals surface area contributed by atoms with E-state index >= 15 is 0 Å². The van der Waals surface area contributed by atoms with Gasteiger partial charge < -0.3 is 14.8 Å². The lowest BCUT2D eigenvalue weighted by atomic mass is 10.1. The zero-order chi connectivity index (χ0) is 19.5. The van der Waals surface area contributed by atoms with E-state index in [2.05, 4.69) is 44.2 Å². The summed E-state index contributed by atoms with van der Waals surface area (Å²) in [6, 6.07) is 18.0. The summed E-state index contributed by atoms with van der Waals surface area (Å²) in [5.74, 6) is 2.57. The van der Waals surface area contributed by atoms with Crippen molar-refractivity contribution in [2.24, 2.45) is 0 Å². The van der Waals surface area contributed by atoms with Gasteiger partial charge in [0.15, 0.2) is 5.65 Å². The molecule has 0 aliphatic carbocycles. The van der Waals surface area contributed by atoms with E-state index < -0.39 is 0 Å². The number of pyridine rings is 1. The van der Waals surface area contributed by atoms with E-state index in [0.717, 1.165) is 43.2 Å². The van der Waals surface area contributed by atoms with Gasteiger partial charge in [0.1, 0.15) is 23.6 Å². The van der Waals surface area contributed by atoms with Crippen LogP contribution in [0.1, 0.15) is 5.56 Å². The number of para-hydroxylation sites is 1. The van der Waals surface area contributed by atoms with Crippen LogP contribution in [-0.4, -0.2) is 28.8 Å². The van der Waals surface area contributed by atoms with Gasteiger partial charge in [0.25, 0.3) is 0 Å². The molecule has 1 N–H and O–H groups in total. The minimum absolute atomic E-state index is 0.629. The molecule has 2 aromatic heterocycles. The lowest BCUT2D eigenvalue weighted by Crippen LogP contribution is -2.07. The number of fused-ring (bicyclic) bond motifs is 1. The highest BCUT2D eigenvalue weighted by Gasteiger charge is 2.14. The Morgan fingerprint density at radius 1 is 0.929 bits per heavy atom. The van der Waals surface area contributed by atoms with Gasteiger partial charge in [-0.05, 0) is 52.9 Å². The molecule has 0 fully saturated rings. The third-order valence-corrected chi connectivity index (χ3v) is 5.61. The van der Waals surface area contributed by atoms with E-state index in [1.165, 1.54) is 0 Å². The van der Waals surface area contributed by atoms with Crippen molar-refractivity contribution < 1.29 is 9.47 Å². The topological polar surface area (TPSA) is 60.7 Å². The molecule has 0 saturated carbocycles. The molecule has 6 nitrogen and oxygen atoms in total. The van der Waals surface area contributed by atoms with E-state index in [1.807, 2.05) is 52.9 Å². The van der Waals surface area contributed by atoms with Gasteiger partial charge in [-0.15, -0.1) is 10.2 Å². The smallest absolute Gasteiger partial charge is 0.170 e. The summed E-state index contributed by atoms with van der Waals surface area (Å²) in [5, 5.41) is 11.9. The zero-order valence-corrected chi connectivity index (χ0v) is 17.7. The van der Waals surface area contributed by atoms with Crippen molar-refractivity contribution in [2.45, 2.75) is 6.54 Å². The Morgan fingerprint density at radius 3 is 2.54 bits per heavy atom. The molecule has 0 atom stereocenters. The molecule has 142 valence electrons. The number of hydrogen-bond acceptors (Lipinski definition) is 5. The average molecular weight is 486 g/mol. The van der Waals surface area contributed by atoms with Crippen LogP contribution in [0.4, 0.5) is 5.82 Å². The molecule has 0 bridgehead atoms. The molecule has 4 aromatic rings. The van der Waals surface area contributed by atoms with E-state index in [9.17, 15) is 0 Å². The molecule has 0 unspecified atom stereocenters. The Morgan fingerprint density at radius 2 is 1.71 bits per heavy atom. The van der Waals surface area contributed by atoms with Crippen LogP contribution < -0.4 is 14.8 Å². The molecule has 7 heteroatoms. The molecule has 28 heavy (non-hydrogen) atoms. The number of rotatable bonds is 6. The maximum atomic E-state index is 5.51. The second kappa shape index (κ2) is 8.05. The minimum Gasteiger partial charge on any atom is -0.496 e. The molecule has 0 saturated heterocycles. The second-order valence-electron chi connectivity index (χ2n) is 6.13. The fraction of sp³-hybridized carbons (Fsp3) is 0.143. The predicted molar refractivity (Wildman–Crippen MR) is 118 cm³/mol. The highest BCUT2D eigenvalue weighted by Crippen LogP contribution is 2.33. The summed E-state index contributed by atoms with van der Waals surface area (Å²) in [6.07, 6.45) is 1.71. The Balaban J connectivity index is 1.71. The van der Waals surface area contributed by atoms with Crippen LogP contribution in [0, 0.1) is 3.57 Å². The standard InChI is InChI=1S/C21H19IN4O2/c1-27-18-8-4-3-6-14(18)15-10-11-20(26-13-24-25-21(15)26)23-12-16-17(22)7-5-9-19(16)28-2/h3-11,13,23H,12H2,1-2H3. The normalized spacial score (nSPS) is 10.8. The number of aromatic nitrogens is 3. The van der Waals surface area contributed by atoms with Gasteiger partial charge in [0, 0.05) is 26.8 Å². The Kier molecular flexibility index (Phi) is 5.34. The van der Waals surface area contributed by atoms with Gasteiger partial charge in [-0.25, -0.2) is 0 Å². The molecule has 0 aliphatic rings. The SMILES string of the molecule is COc1ccccc1-c1ccc(NCc2c(I)cccc2OC)n2cnnc12. The minimum atomic E-state index is 0.629. The maximum Gasteiger partial charge on any atom is 0.170 e. The first-order valence-electron chi connectivity index (χ1n) is 8.74. The fourth-order valence-corrected chi connectivity index (χ4v) is 3.88. The summed E-state index contributed by atoms with van der Waals surface area (Å²) in [5.41, 5.74) is 3.83. The largest absolute Gasteiger partial charge is 0.496 e. The van der Waals surface area contributed by atoms with Crippen LogP contribution in [0.15, 0.2) is 60.9 Å². The van der Waals surface area contributed by atoms with E-state index in [4.69, 9.17) is 9.47 Å². The predicted octanol–water partition coefficient (Wildman–Crippen LogP) is 4.63. The number of nitrogens with zero attached hydrogens (tertiary/aromatic N) is 3. The van der Waals surface area contributed by atoms with Gasteiger partial charge in [-0.2, -0.15) is 0 Å². The summed E-state index contributed by atoms with van der Waals surface area (Å²) in [4.78, 5) is 0. The third kappa shape index (κ3) is 3.37. The summed E-state index contributed by atoms with van der Waals surface area (Å²) < 4.78 is 14.1. The first-order valence-corrected chi connectivity index (χ1v) is 9.82. The summed E-state index contributed by atoms with van der Waals surface area (Å²) in [6.45, 7) is 0.629. The maximum absolute atomic E-state index is 5.51. The fourth-order valence-electron chi connectivity index (χ4n) is 3.21. The van der Waals surface area contributed by atoms with Gasteiger partial charge in [-0.3, -0.25) is 4.40 Å². The molecule has 0 radical (unpaired) electrons. The van der Waals surface area contributed by atoms with Crippen molar-refractivity contribution in [1.82, 2.24) is 14.6 Å². The number of anilines is 1. The number of hydrogen-bond donors (Lipinski definition) is 1. The van der Waals surface area contributed by atoms with Crippen LogP contribution in [0.2, 0.25) is 0 Å². The second-order valence-corrected chi connectivity index (χ2v) is 7.29. The first-order chi connectivity index (χ1) is 13.7. The highest BCUT2D eigenvalue weighted by molar-refractivity contribution is 14.1. The van der Waals surface area contributed by atoms with E-state index in [0.29, 0.717) is 6.54 Å². The van der Waals surface area contributed by atoms with E-state index in [-0.39, 0.29) is 0 Å². The summed E-state index contributed by atoms with van der Waals surface area (Å²) >= 11 is 2.32. The number of nitrogens with one attached hydrogen (secondary N) is 1. The molecular formula is C21H19IN4O2. The van der Waals surface area contributed by atoms with Crippen molar-refractivity contribution in [3.05, 3.63) is 70.1 Å². The van der Waals surface area contributed by atoms with Crippen LogP contribution in [0.25, 0.3) is 16.8 Å². The molecule has 0 spiro atoms. The van der Waals surface area contributed by atoms with Crippen molar-refractivity contribution in [2.75, 3.05) is 19.5 Å². The Labute approximate surface area is 176 Å². The number of benzene rings is 2. The van der Waals surface area contributed by atoms with E-state index in [1.54, 1.807) is 20.5 Å². The van der Waals surface area contributed by atoms with Crippen LogP contribution in [-0.2, 0) is 6.54 Å². The van der Waals surface area contributed by atoms with Crippen LogP contribution in [0.5, 0.6) is 11.5 Å². The quantitative estimate of drug-likeness (QED) is 0.403. The molecule has 4 rings (SSSR count). The lowest BCUT2D eigenvalue weighted by molar-refractivity contribution is 0.410. The average Bonchev–Trinajstić information content (AvgIpc) is 3.22. The van der Waals surface area contributed by atoms with Crippen molar-refractivity contribution in [1.29, 1.82) is 0 Å². The monoisotopic (exact) mass is 486 g/mol. The Bertz CT molecular complexity index is 1130. The van der Waals surface area contributed by atoms with Gasteiger partial charge in [0.2, 0.25) is 0 Å². The van der Waals surface area contributed by atoms with Gasteiger partial charge in [-0.1, -0.05) is 24.3 Å². The number of ether oxygens (including phenoxy) is 2. The molecule has 0 amide bonds. The van der Waals surface area contributed by atoms with Gasteiger partial charge in [0.05, 0.1) is 14.2 Å². The van der Waals surface area contributed by atoms with Crippen molar-refractivity contribution in [3.63, 3.8) is 0 Å². The molecule has 2 heterocycles. The number of methoxy groups -OCH3 is 2. The molecular weight excluding hydrogens is 467 g/mol.